The minimum Gasteiger partial charge on any atom is -0.471 e. The maximum Gasteiger partial charge on any atom is 0.218 e. The number of fused-ring (bicyclic) bond motifs is 1. The number of aliphatic hydroxyl groups excluding tert-OH is 1. The van der Waals surface area contributed by atoms with Gasteiger partial charge in [0.1, 0.15) is 5.60 Å². The molecule has 0 unspecified atom stereocenters. The quantitative estimate of drug-likeness (QED) is 0.498. The summed E-state index contributed by atoms with van der Waals surface area (Å²) in [7, 11) is 0. The van der Waals surface area contributed by atoms with Gasteiger partial charge in [-0.15, -0.1) is 0 Å². The van der Waals surface area contributed by atoms with Gasteiger partial charge in [0.15, 0.2) is 11.6 Å². The Hall–Kier alpha value is -2.58. The van der Waals surface area contributed by atoms with E-state index in [0.717, 1.165) is 49.3 Å². The molecule has 1 aliphatic heterocycles. The number of nitrogens with one attached hydrogen (secondary N) is 2. The molecule has 4 rings (SSSR count). The van der Waals surface area contributed by atoms with Crippen LogP contribution in [0, 0.1) is 17.6 Å². The van der Waals surface area contributed by atoms with Crippen LogP contribution in [0.2, 0.25) is 0 Å². The van der Waals surface area contributed by atoms with Gasteiger partial charge in [0.25, 0.3) is 0 Å². The molecule has 2 aromatic rings. The normalized spacial score (nSPS) is 20.0. The van der Waals surface area contributed by atoms with Crippen LogP contribution in [0.3, 0.4) is 0 Å². The van der Waals surface area contributed by atoms with Crippen molar-refractivity contribution in [2.24, 2.45) is 5.92 Å². The average molecular weight is 488 g/mol. The molecule has 35 heavy (non-hydrogen) atoms. The molecule has 2 aliphatic rings. The number of carbonyl (C=O) groups excluding carboxylic acids is 1. The number of amides is 1. The lowest BCUT2D eigenvalue weighted by Gasteiger charge is -2.47. The first-order valence-electron chi connectivity index (χ1n) is 12.4. The topological polar surface area (TPSA) is 83.5 Å². The Kier molecular flexibility index (Phi) is 7.71. The Morgan fingerprint density at radius 2 is 2.06 bits per heavy atom. The molecular weight excluding hydrogens is 452 g/mol. The maximum absolute atomic E-state index is 14.3. The highest BCUT2D eigenvalue weighted by atomic mass is 19.2. The minimum atomic E-state index is -1.02. The third kappa shape index (κ3) is 5.98. The molecule has 1 fully saturated rings. The predicted molar refractivity (Wildman–Crippen MR) is 129 cm³/mol. The molecule has 1 aromatic heterocycles. The summed E-state index contributed by atoms with van der Waals surface area (Å²) in [4.78, 5) is 16.4. The number of nitrogens with zero attached hydrogens (tertiary/aromatic N) is 1. The summed E-state index contributed by atoms with van der Waals surface area (Å²) in [5, 5.41) is 17.1. The number of ether oxygens (including phenoxy) is 1. The van der Waals surface area contributed by atoms with Crippen LogP contribution in [0.15, 0.2) is 30.5 Å². The number of rotatable bonds is 9. The van der Waals surface area contributed by atoms with Gasteiger partial charge in [-0.2, -0.15) is 0 Å². The summed E-state index contributed by atoms with van der Waals surface area (Å²) in [6.07, 6.45) is 5.56. The van der Waals surface area contributed by atoms with Crippen molar-refractivity contribution in [3.05, 3.63) is 58.8 Å². The number of aliphatic hydroxyl groups is 1. The minimum absolute atomic E-state index is 0.0274. The summed E-state index contributed by atoms with van der Waals surface area (Å²) in [5.74, 6) is -1.14. The predicted octanol–water partition coefficient (Wildman–Crippen LogP) is 4.00. The van der Waals surface area contributed by atoms with Crippen molar-refractivity contribution in [3.8, 4) is 5.88 Å². The summed E-state index contributed by atoms with van der Waals surface area (Å²) < 4.78 is 34.3. The van der Waals surface area contributed by atoms with Gasteiger partial charge in [-0.3, -0.25) is 4.79 Å². The molecule has 1 aliphatic carbocycles. The smallest absolute Gasteiger partial charge is 0.218 e. The molecule has 1 spiro atoms. The molecule has 0 radical (unpaired) electrons. The summed E-state index contributed by atoms with van der Waals surface area (Å²) in [5.41, 5.74) is 1.98. The number of hydrogen-bond donors (Lipinski definition) is 3. The summed E-state index contributed by atoms with van der Waals surface area (Å²) in [6, 6.07) is 5.21. The van der Waals surface area contributed by atoms with E-state index in [1.54, 1.807) is 0 Å². The molecule has 0 bridgehead atoms. The first-order chi connectivity index (χ1) is 16.7. The highest BCUT2D eigenvalue weighted by Gasteiger charge is 2.46. The van der Waals surface area contributed by atoms with Crippen molar-refractivity contribution in [1.29, 1.82) is 0 Å². The Labute approximate surface area is 205 Å². The van der Waals surface area contributed by atoms with Gasteiger partial charge in [-0.05, 0) is 61.3 Å². The van der Waals surface area contributed by atoms with Crippen molar-refractivity contribution >= 4 is 5.91 Å². The molecule has 1 amide bonds. The van der Waals surface area contributed by atoms with Crippen molar-refractivity contribution in [2.45, 2.75) is 83.1 Å². The zero-order valence-electron chi connectivity index (χ0n) is 20.6. The Balaban J connectivity index is 1.51. The van der Waals surface area contributed by atoms with E-state index in [2.05, 4.69) is 35.5 Å². The van der Waals surface area contributed by atoms with Crippen LogP contribution in [0.25, 0.3) is 0 Å². The molecule has 3 N–H and O–H groups in total. The number of carbonyl (C=O) groups is 1. The van der Waals surface area contributed by atoms with E-state index in [1.807, 2.05) is 6.20 Å². The lowest BCUT2D eigenvalue weighted by Crippen LogP contribution is -2.52. The standard InChI is InChI=1S/C27H35F2N3O3/c1-16(2)10-18-11-20-23(13-27(8-5-9-27)35-26(20)31-14-18)30-15-24(34)22(32-17(3)33)12-19-6-4-7-21(28)25(19)29/h4,6-7,11,14,16,22-24,30,34H,5,8-10,12-13,15H2,1-3H3,(H,32,33)/t22-,23-,24+/m0/s1. The third-order valence-corrected chi connectivity index (χ3v) is 7.01. The molecule has 0 saturated heterocycles. The number of hydrogen-bond acceptors (Lipinski definition) is 5. The molecule has 6 nitrogen and oxygen atoms in total. The number of aromatic nitrogens is 1. The second kappa shape index (κ2) is 10.6. The second-order valence-electron chi connectivity index (χ2n) is 10.4. The van der Waals surface area contributed by atoms with E-state index in [4.69, 9.17) is 4.74 Å². The van der Waals surface area contributed by atoms with E-state index in [9.17, 15) is 18.7 Å². The molecule has 1 saturated carbocycles. The van der Waals surface area contributed by atoms with Gasteiger partial charge in [0, 0.05) is 37.7 Å². The van der Waals surface area contributed by atoms with Gasteiger partial charge in [0.05, 0.1) is 12.1 Å². The fourth-order valence-corrected chi connectivity index (χ4v) is 5.11. The van der Waals surface area contributed by atoms with E-state index in [1.165, 1.54) is 19.1 Å². The fraction of sp³-hybridized carbons (Fsp3) is 0.556. The van der Waals surface area contributed by atoms with Crippen molar-refractivity contribution in [2.75, 3.05) is 6.54 Å². The second-order valence-corrected chi connectivity index (χ2v) is 10.4. The van der Waals surface area contributed by atoms with E-state index < -0.39 is 23.8 Å². The number of pyridine rings is 1. The van der Waals surface area contributed by atoms with Gasteiger partial charge in [-0.25, -0.2) is 13.8 Å². The van der Waals surface area contributed by atoms with Crippen LogP contribution in [-0.2, 0) is 17.6 Å². The molecule has 2 heterocycles. The highest BCUT2D eigenvalue weighted by molar-refractivity contribution is 5.73. The fourth-order valence-electron chi connectivity index (χ4n) is 5.11. The van der Waals surface area contributed by atoms with Crippen LogP contribution in [-0.4, -0.2) is 40.3 Å². The SMILES string of the molecule is CC(=O)N[C@@H](Cc1cccc(F)c1F)[C@H](O)CN[C@H]1CC2(CCC2)Oc2ncc(CC(C)C)cc21. The van der Waals surface area contributed by atoms with Crippen LogP contribution < -0.4 is 15.4 Å². The number of benzene rings is 1. The van der Waals surface area contributed by atoms with Gasteiger partial charge in [0.2, 0.25) is 11.8 Å². The molecular formula is C27H35F2N3O3. The average Bonchev–Trinajstić information content (AvgIpc) is 2.78. The zero-order chi connectivity index (χ0) is 25.2. The van der Waals surface area contributed by atoms with Crippen LogP contribution >= 0.6 is 0 Å². The first-order valence-corrected chi connectivity index (χ1v) is 12.4. The third-order valence-electron chi connectivity index (χ3n) is 7.01. The van der Waals surface area contributed by atoms with Crippen molar-refractivity contribution < 1.29 is 23.4 Å². The Morgan fingerprint density at radius 3 is 2.71 bits per heavy atom. The van der Waals surface area contributed by atoms with Gasteiger partial charge < -0.3 is 20.5 Å². The lowest BCUT2D eigenvalue weighted by atomic mass is 9.73. The summed E-state index contributed by atoms with van der Waals surface area (Å²) in [6.45, 7) is 5.83. The van der Waals surface area contributed by atoms with E-state index in [-0.39, 0.29) is 36.1 Å². The number of halogens is 2. The molecule has 1 aromatic carbocycles. The van der Waals surface area contributed by atoms with E-state index >= 15 is 0 Å². The lowest BCUT2D eigenvalue weighted by molar-refractivity contribution is -0.120. The molecule has 3 atom stereocenters. The van der Waals surface area contributed by atoms with Crippen molar-refractivity contribution in [3.63, 3.8) is 0 Å². The van der Waals surface area contributed by atoms with Crippen LogP contribution in [0.1, 0.15) is 69.2 Å². The maximum atomic E-state index is 14.3. The largest absolute Gasteiger partial charge is 0.471 e. The van der Waals surface area contributed by atoms with Gasteiger partial charge >= 0.3 is 0 Å². The van der Waals surface area contributed by atoms with E-state index in [0.29, 0.717) is 11.8 Å². The Morgan fingerprint density at radius 1 is 1.29 bits per heavy atom. The van der Waals surface area contributed by atoms with Crippen LogP contribution in [0.5, 0.6) is 5.88 Å². The molecule has 8 heteroatoms. The highest BCUT2D eigenvalue weighted by Crippen LogP contribution is 2.48. The Bertz CT molecular complexity index is 1060. The zero-order valence-corrected chi connectivity index (χ0v) is 20.6. The van der Waals surface area contributed by atoms with Gasteiger partial charge in [-0.1, -0.05) is 26.0 Å². The monoisotopic (exact) mass is 487 g/mol. The first kappa shape index (κ1) is 25.5. The summed E-state index contributed by atoms with van der Waals surface area (Å²) >= 11 is 0. The van der Waals surface area contributed by atoms with Crippen molar-refractivity contribution in [1.82, 2.24) is 15.6 Å². The van der Waals surface area contributed by atoms with Crippen LogP contribution in [0.4, 0.5) is 8.78 Å². The molecule has 190 valence electrons.